The molecule has 4 N–H and O–H groups in total. The normalized spacial score (nSPS) is 11.8. The van der Waals surface area contributed by atoms with E-state index in [-0.39, 0.29) is 5.91 Å². The quantitative estimate of drug-likeness (QED) is 0.212. The smallest absolute Gasteiger partial charge is 0.423 e. The van der Waals surface area contributed by atoms with Crippen molar-refractivity contribution in [2.45, 2.75) is 13.8 Å². The van der Waals surface area contributed by atoms with E-state index in [1.165, 1.54) is 0 Å². The van der Waals surface area contributed by atoms with Crippen LogP contribution in [-0.4, -0.2) is 38.0 Å². The summed E-state index contributed by atoms with van der Waals surface area (Å²) in [5, 5.41) is 24.6. The van der Waals surface area contributed by atoms with Gasteiger partial charge in [0.2, 0.25) is 0 Å². The number of nitrogens with zero attached hydrogens (tertiary/aromatic N) is 2. The monoisotopic (exact) mass is 578 g/mol. The van der Waals surface area contributed by atoms with E-state index in [1.54, 1.807) is 53.9 Å². The summed E-state index contributed by atoms with van der Waals surface area (Å²) in [4.78, 5) is 26.7. The van der Waals surface area contributed by atoms with Crippen LogP contribution in [0.1, 0.15) is 37.3 Å². The molecule has 36 heavy (non-hydrogen) atoms. The highest BCUT2D eigenvalue weighted by molar-refractivity contribution is 9.11. The van der Waals surface area contributed by atoms with Crippen molar-refractivity contribution >= 4 is 85.5 Å². The Balaban J connectivity index is 1.45. The molecule has 0 spiro atoms. The van der Waals surface area contributed by atoms with E-state index in [0.717, 1.165) is 36.0 Å². The van der Waals surface area contributed by atoms with Gasteiger partial charge < -0.3 is 20.3 Å². The fourth-order valence-corrected chi connectivity index (χ4v) is 5.96. The number of aryl methyl sites for hydroxylation is 2. The van der Waals surface area contributed by atoms with Gasteiger partial charge in [0.15, 0.2) is 0 Å². The number of benzene rings is 2. The predicted octanol–water partition coefficient (Wildman–Crippen LogP) is 4.98. The molecule has 0 bridgehead atoms. The minimum absolute atomic E-state index is 0.293. The topological polar surface area (TPSA) is 111 Å². The molecule has 2 aromatic carbocycles. The first-order valence-corrected chi connectivity index (χ1v) is 13.4. The van der Waals surface area contributed by atoms with Crippen LogP contribution in [0.2, 0.25) is 0 Å². The minimum atomic E-state index is -1.58. The van der Waals surface area contributed by atoms with E-state index in [1.807, 2.05) is 36.6 Å². The number of rotatable bonds is 6. The lowest BCUT2D eigenvalue weighted by molar-refractivity contribution is 0.102. The van der Waals surface area contributed by atoms with Gasteiger partial charge in [-0.1, -0.05) is 11.6 Å². The van der Waals surface area contributed by atoms with Gasteiger partial charge in [0.1, 0.15) is 10.8 Å². The number of amides is 1. The zero-order valence-corrected chi connectivity index (χ0v) is 22.5. The van der Waals surface area contributed by atoms with Crippen molar-refractivity contribution < 1.29 is 14.8 Å². The molecular weight excluding hydrogens is 559 g/mol. The highest BCUT2D eigenvalue weighted by Crippen LogP contribution is 2.32. The van der Waals surface area contributed by atoms with E-state index in [0.29, 0.717) is 28.1 Å². The summed E-state index contributed by atoms with van der Waals surface area (Å²) in [6.45, 7) is 3.70. The average molecular weight is 579 g/mol. The third-order valence-electron chi connectivity index (χ3n) is 5.54. The second kappa shape index (κ2) is 10.1. The first-order valence-electron chi connectivity index (χ1n) is 10.9. The summed E-state index contributed by atoms with van der Waals surface area (Å²) in [5.41, 5.74) is 5.43. The number of imidazole rings is 1. The summed E-state index contributed by atoms with van der Waals surface area (Å²) in [5.74, 6) is 0.402. The number of H-pyrrole nitrogens is 1. The summed E-state index contributed by atoms with van der Waals surface area (Å²) >= 11 is 6.72. The molecular formula is C25H20BBrN4O3S2. The number of aromatic nitrogens is 3. The fourth-order valence-electron chi connectivity index (χ4n) is 3.78. The molecule has 1 amide bonds. The molecule has 0 aliphatic rings. The summed E-state index contributed by atoms with van der Waals surface area (Å²) in [7, 11) is -1.58. The molecule has 3 heterocycles. The largest absolute Gasteiger partial charge is 0.488 e. The average Bonchev–Trinajstić information content (AvgIpc) is 3.56. The lowest BCUT2D eigenvalue weighted by atomic mass is 9.77. The number of hydrogen-bond donors (Lipinski definition) is 4. The zero-order chi connectivity index (χ0) is 25.4. The van der Waals surface area contributed by atoms with Crippen molar-refractivity contribution in [3.8, 4) is 0 Å². The minimum Gasteiger partial charge on any atom is -0.423 e. The predicted molar refractivity (Wildman–Crippen MR) is 151 cm³/mol. The highest BCUT2D eigenvalue weighted by Gasteiger charge is 2.17. The molecule has 0 unspecified atom stereocenters. The number of thiophene rings is 1. The van der Waals surface area contributed by atoms with Crippen molar-refractivity contribution in [1.29, 1.82) is 0 Å². The Morgan fingerprint density at radius 2 is 1.94 bits per heavy atom. The van der Waals surface area contributed by atoms with Crippen LogP contribution in [0.4, 0.5) is 5.69 Å². The maximum atomic E-state index is 12.8. The maximum Gasteiger partial charge on any atom is 0.488 e. The number of nitrogens with one attached hydrogen (secondary N) is 2. The second-order valence-corrected chi connectivity index (χ2v) is 11.6. The second-order valence-electron chi connectivity index (χ2n) is 8.21. The number of carbonyl (C=O) groups excluding carboxylic acids is 1. The molecule has 0 atom stereocenters. The Bertz CT molecular complexity index is 1620. The lowest BCUT2D eigenvalue weighted by Crippen LogP contribution is -2.32. The number of carbonyl (C=O) groups is 1. The molecule has 11 heteroatoms. The molecule has 0 fully saturated rings. The van der Waals surface area contributed by atoms with Crippen molar-refractivity contribution in [3.05, 3.63) is 90.2 Å². The molecule has 0 aliphatic heterocycles. The van der Waals surface area contributed by atoms with Gasteiger partial charge in [0, 0.05) is 27.2 Å². The first kappa shape index (κ1) is 24.6. The molecule has 0 saturated carbocycles. The fraction of sp³-hybridized carbons (Fsp3) is 0.0800. The number of halogens is 1. The van der Waals surface area contributed by atoms with Gasteiger partial charge in [-0.25, -0.2) is 9.97 Å². The maximum absolute atomic E-state index is 12.8. The Morgan fingerprint density at radius 3 is 2.61 bits per heavy atom. The molecule has 5 aromatic rings. The van der Waals surface area contributed by atoms with E-state index >= 15 is 0 Å². The van der Waals surface area contributed by atoms with Crippen molar-refractivity contribution in [2.75, 3.05) is 5.32 Å². The van der Waals surface area contributed by atoms with Crippen molar-refractivity contribution in [2.24, 2.45) is 0 Å². The Morgan fingerprint density at radius 1 is 1.11 bits per heavy atom. The highest BCUT2D eigenvalue weighted by atomic mass is 79.9. The summed E-state index contributed by atoms with van der Waals surface area (Å²) < 4.78 is 1.05. The van der Waals surface area contributed by atoms with Crippen LogP contribution in [0.15, 0.2) is 57.7 Å². The molecule has 5 rings (SSSR count). The van der Waals surface area contributed by atoms with E-state index in [2.05, 4.69) is 37.3 Å². The molecule has 0 saturated heterocycles. The SMILES string of the molecule is Cc1csc(/C(=C\c2ccc(Br)s2)c2nc3ccc(NC(=O)c4ccc(B(O)O)c(C)c4)cc3[nH]2)n1. The molecule has 3 aromatic heterocycles. The number of aromatic amines is 1. The number of hydrogen-bond acceptors (Lipinski definition) is 7. The van der Waals surface area contributed by atoms with Gasteiger partial charge in [-0.3, -0.25) is 4.79 Å². The summed E-state index contributed by atoms with van der Waals surface area (Å²) in [6.07, 6.45) is 2.07. The van der Waals surface area contributed by atoms with E-state index < -0.39 is 7.12 Å². The number of fused-ring (bicyclic) bond motifs is 1. The lowest BCUT2D eigenvalue weighted by Gasteiger charge is -2.09. The molecule has 180 valence electrons. The first-order chi connectivity index (χ1) is 17.3. The van der Waals surface area contributed by atoms with E-state index in [9.17, 15) is 14.8 Å². The zero-order valence-electron chi connectivity index (χ0n) is 19.2. The molecule has 0 aliphatic carbocycles. The van der Waals surface area contributed by atoms with Crippen molar-refractivity contribution in [3.63, 3.8) is 0 Å². The van der Waals surface area contributed by atoms with Crippen molar-refractivity contribution in [1.82, 2.24) is 15.0 Å². The number of thiazole rings is 1. The third kappa shape index (κ3) is 5.20. The van der Waals surface area contributed by atoms with Crippen LogP contribution < -0.4 is 10.8 Å². The third-order valence-corrected chi connectivity index (χ3v) is 8.10. The van der Waals surface area contributed by atoms with Gasteiger partial charge in [0.25, 0.3) is 5.91 Å². The van der Waals surface area contributed by atoms with Crippen LogP contribution >= 0.6 is 38.6 Å². The van der Waals surface area contributed by atoms with Gasteiger partial charge in [-0.05, 0) is 83.8 Å². The standard InChI is InChI=1S/C25H20BBrN4O3S2/c1-13-9-15(3-6-19(13)26(33)34)24(32)29-16-4-7-20-21(10-16)31-23(30-20)18(25-28-14(2)12-35-25)11-17-5-8-22(27)36-17/h3-12,33-34H,1-2H3,(H,29,32)(H,30,31)/b18-11-. The van der Waals surface area contributed by atoms with Gasteiger partial charge >= 0.3 is 7.12 Å². The van der Waals surface area contributed by atoms with Crippen LogP contribution in [0.3, 0.4) is 0 Å². The van der Waals surface area contributed by atoms with Crippen LogP contribution in [0.25, 0.3) is 22.7 Å². The van der Waals surface area contributed by atoms with Gasteiger partial charge in [-0.2, -0.15) is 0 Å². The van der Waals surface area contributed by atoms with Crippen LogP contribution in [0.5, 0.6) is 0 Å². The Labute approximate surface area is 223 Å². The molecule has 7 nitrogen and oxygen atoms in total. The van der Waals surface area contributed by atoms with Gasteiger partial charge in [-0.15, -0.1) is 22.7 Å². The summed E-state index contributed by atoms with van der Waals surface area (Å²) in [6, 6.07) is 14.3. The Hall–Kier alpha value is -3.09. The van der Waals surface area contributed by atoms with Crippen LogP contribution in [0, 0.1) is 13.8 Å². The number of anilines is 1. The Kier molecular flexibility index (Phi) is 6.91. The molecule has 0 radical (unpaired) electrons. The van der Waals surface area contributed by atoms with Crippen LogP contribution in [-0.2, 0) is 0 Å². The van der Waals surface area contributed by atoms with E-state index in [4.69, 9.17) is 4.98 Å². The van der Waals surface area contributed by atoms with Gasteiger partial charge in [0.05, 0.1) is 20.4 Å².